The lowest BCUT2D eigenvalue weighted by Crippen LogP contribution is -2.39. The first-order valence-corrected chi connectivity index (χ1v) is 8.72. The summed E-state index contributed by atoms with van der Waals surface area (Å²) in [5.74, 6) is -0.863. The molecule has 2 amide bonds. The second-order valence-electron chi connectivity index (χ2n) is 6.45. The number of para-hydroxylation sites is 1. The molecule has 0 fully saturated rings. The van der Waals surface area contributed by atoms with Crippen LogP contribution in [0.15, 0.2) is 59.7 Å². The van der Waals surface area contributed by atoms with Crippen molar-refractivity contribution >= 4 is 23.2 Å². The molecule has 7 nitrogen and oxygen atoms in total. The number of anilines is 1. The van der Waals surface area contributed by atoms with Gasteiger partial charge < -0.3 is 16.2 Å². The first-order valence-electron chi connectivity index (χ1n) is 8.72. The van der Waals surface area contributed by atoms with Gasteiger partial charge in [-0.2, -0.15) is 5.10 Å². The highest BCUT2D eigenvalue weighted by Gasteiger charge is 2.34. The van der Waals surface area contributed by atoms with E-state index in [4.69, 9.17) is 5.73 Å². The first-order chi connectivity index (χ1) is 13.0. The minimum Gasteiger partial charge on any atom is -0.389 e. The quantitative estimate of drug-likeness (QED) is 0.719. The largest absolute Gasteiger partial charge is 0.389 e. The highest BCUT2D eigenvalue weighted by molar-refractivity contribution is 6.40. The number of benzene rings is 2. The number of hydrogen-bond donors (Lipinski definition) is 3. The van der Waals surface area contributed by atoms with Crippen LogP contribution in [0.4, 0.5) is 5.69 Å². The lowest BCUT2D eigenvalue weighted by atomic mass is 10.1. The molecule has 0 radical (unpaired) electrons. The molecule has 1 aliphatic heterocycles. The van der Waals surface area contributed by atoms with Gasteiger partial charge in [0.05, 0.1) is 11.8 Å². The standard InChI is InChI=1S/C20H22N4O3/c1-13(25)15-9-7-14(8-10-15)12-22-20(27)17-11-18(19(21)26)24(23-17)16-5-3-2-4-6-16/h2-10,13,18,25H,11-12H2,1H3,(H2,21,26)(H,22,27)/t13-,18+/m1/s1. The second kappa shape index (κ2) is 8.01. The molecule has 0 saturated carbocycles. The van der Waals surface area contributed by atoms with Crippen LogP contribution < -0.4 is 16.1 Å². The van der Waals surface area contributed by atoms with Gasteiger partial charge in [0.25, 0.3) is 5.91 Å². The number of amides is 2. The highest BCUT2D eigenvalue weighted by atomic mass is 16.3. The summed E-state index contributed by atoms with van der Waals surface area (Å²) in [6, 6.07) is 15.8. The molecule has 27 heavy (non-hydrogen) atoms. The minimum absolute atomic E-state index is 0.164. The van der Waals surface area contributed by atoms with Gasteiger partial charge in [-0.3, -0.25) is 14.6 Å². The zero-order valence-electron chi connectivity index (χ0n) is 15.0. The Morgan fingerprint density at radius 1 is 1.22 bits per heavy atom. The van der Waals surface area contributed by atoms with Gasteiger partial charge in [-0.1, -0.05) is 42.5 Å². The predicted octanol–water partition coefficient (Wildman–Crippen LogP) is 1.48. The summed E-state index contributed by atoms with van der Waals surface area (Å²) in [6.07, 6.45) is -0.368. The first kappa shape index (κ1) is 18.6. The number of hydrazone groups is 1. The summed E-state index contributed by atoms with van der Waals surface area (Å²) in [7, 11) is 0. The summed E-state index contributed by atoms with van der Waals surface area (Å²) < 4.78 is 0. The number of carbonyl (C=O) groups is 2. The number of aliphatic hydroxyl groups excluding tert-OH is 1. The molecule has 1 aliphatic rings. The molecule has 0 unspecified atom stereocenters. The molecule has 2 atom stereocenters. The van der Waals surface area contributed by atoms with E-state index in [0.29, 0.717) is 12.2 Å². The van der Waals surface area contributed by atoms with Crippen molar-refractivity contribution < 1.29 is 14.7 Å². The van der Waals surface area contributed by atoms with Gasteiger partial charge in [-0.05, 0) is 30.2 Å². The average Bonchev–Trinajstić information content (AvgIpc) is 3.13. The maximum Gasteiger partial charge on any atom is 0.267 e. The summed E-state index contributed by atoms with van der Waals surface area (Å²) in [5.41, 5.74) is 8.17. The van der Waals surface area contributed by atoms with E-state index in [9.17, 15) is 14.7 Å². The van der Waals surface area contributed by atoms with Gasteiger partial charge in [0.15, 0.2) is 0 Å². The summed E-state index contributed by atoms with van der Waals surface area (Å²) in [4.78, 5) is 24.3. The monoisotopic (exact) mass is 366 g/mol. The van der Waals surface area contributed by atoms with Gasteiger partial charge >= 0.3 is 0 Å². The van der Waals surface area contributed by atoms with Gasteiger partial charge in [-0.15, -0.1) is 0 Å². The third kappa shape index (κ3) is 4.32. The van der Waals surface area contributed by atoms with Crippen LogP contribution in [-0.4, -0.2) is 28.7 Å². The van der Waals surface area contributed by atoms with Crippen molar-refractivity contribution in [2.75, 3.05) is 5.01 Å². The number of aliphatic hydroxyl groups is 1. The van der Waals surface area contributed by atoms with Crippen LogP contribution in [-0.2, 0) is 16.1 Å². The maximum absolute atomic E-state index is 12.5. The van der Waals surface area contributed by atoms with E-state index in [1.54, 1.807) is 6.92 Å². The third-order valence-corrected chi connectivity index (χ3v) is 4.44. The number of nitrogens with one attached hydrogen (secondary N) is 1. The van der Waals surface area contributed by atoms with Crippen molar-refractivity contribution in [3.05, 3.63) is 65.7 Å². The third-order valence-electron chi connectivity index (χ3n) is 4.44. The number of primary amides is 1. The Balaban J connectivity index is 1.68. The molecule has 2 aromatic rings. The summed E-state index contributed by atoms with van der Waals surface area (Å²) >= 11 is 0. The number of rotatable bonds is 6. The van der Waals surface area contributed by atoms with E-state index >= 15 is 0 Å². The Kier molecular flexibility index (Phi) is 5.52. The van der Waals surface area contributed by atoms with E-state index in [1.165, 1.54) is 5.01 Å². The van der Waals surface area contributed by atoms with E-state index in [0.717, 1.165) is 11.1 Å². The molecular weight excluding hydrogens is 344 g/mol. The van der Waals surface area contributed by atoms with Gasteiger partial charge in [0.1, 0.15) is 11.8 Å². The molecule has 0 spiro atoms. The SMILES string of the molecule is C[C@@H](O)c1ccc(CNC(=O)C2=NN(c3ccccc3)[C@H](C(N)=O)C2)cc1. The van der Waals surface area contributed by atoms with Crippen molar-refractivity contribution in [3.8, 4) is 0 Å². The van der Waals surface area contributed by atoms with Crippen LogP contribution in [0, 0.1) is 0 Å². The van der Waals surface area contributed by atoms with Crippen LogP contribution >= 0.6 is 0 Å². The van der Waals surface area contributed by atoms with E-state index < -0.39 is 18.1 Å². The molecule has 3 rings (SSSR count). The fourth-order valence-corrected chi connectivity index (χ4v) is 2.89. The predicted molar refractivity (Wildman–Crippen MR) is 103 cm³/mol. The zero-order valence-corrected chi connectivity index (χ0v) is 15.0. The van der Waals surface area contributed by atoms with Crippen molar-refractivity contribution in [2.24, 2.45) is 10.8 Å². The zero-order chi connectivity index (χ0) is 19.4. The lowest BCUT2D eigenvalue weighted by molar-refractivity contribution is -0.119. The second-order valence-corrected chi connectivity index (χ2v) is 6.45. The van der Waals surface area contributed by atoms with Crippen molar-refractivity contribution in [2.45, 2.75) is 32.0 Å². The molecule has 0 saturated heterocycles. The average molecular weight is 366 g/mol. The topological polar surface area (TPSA) is 108 Å². The number of nitrogens with zero attached hydrogens (tertiary/aromatic N) is 2. The highest BCUT2D eigenvalue weighted by Crippen LogP contribution is 2.24. The van der Waals surface area contributed by atoms with E-state index in [-0.39, 0.29) is 18.0 Å². The summed E-state index contributed by atoms with van der Waals surface area (Å²) in [6.45, 7) is 2.02. The van der Waals surface area contributed by atoms with Gasteiger partial charge in [0, 0.05) is 13.0 Å². The van der Waals surface area contributed by atoms with Crippen molar-refractivity contribution in [1.82, 2.24) is 5.32 Å². The molecule has 140 valence electrons. The Morgan fingerprint density at radius 3 is 2.48 bits per heavy atom. The normalized spacial score (nSPS) is 17.3. The Hall–Kier alpha value is -3.19. The van der Waals surface area contributed by atoms with Crippen LogP contribution in [0.2, 0.25) is 0 Å². The number of hydrogen-bond acceptors (Lipinski definition) is 5. The van der Waals surface area contributed by atoms with Crippen LogP contribution in [0.3, 0.4) is 0 Å². The van der Waals surface area contributed by atoms with Gasteiger partial charge in [0.2, 0.25) is 5.91 Å². The van der Waals surface area contributed by atoms with Crippen molar-refractivity contribution in [3.63, 3.8) is 0 Å². The summed E-state index contributed by atoms with van der Waals surface area (Å²) in [5, 5.41) is 18.2. The lowest BCUT2D eigenvalue weighted by Gasteiger charge is -2.20. The van der Waals surface area contributed by atoms with Crippen LogP contribution in [0.1, 0.15) is 30.6 Å². The molecule has 0 bridgehead atoms. The number of nitrogens with two attached hydrogens (primary N) is 1. The molecule has 0 aromatic heterocycles. The molecule has 2 aromatic carbocycles. The fourth-order valence-electron chi connectivity index (χ4n) is 2.89. The Morgan fingerprint density at radius 2 is 1.89 bits per heavy atom. The van der Waals surface area contributed by atoms with Crippen molar-refractivity contribution in [1.29, 1.82) is 0 Å². The minimum atomic E-state index is -0.682. The Bertz CT molecular complexity index is 847. The van der Waals surface area contributed by atoms with Crippen LogP contribution in [0.25, 0.3) is 0 Å². The van der Waals surface area contributed by atoms with E-state index in [1.807, 2.05) is 54.6 Å². The van der Waals surface area contributed by atoms with E-state index in [2.05, 4.69) is 10.4 Å². The maximum atomic E-state index is 12.5. The van der Waals surface area contributed by atoms with Gasteiger partial charge in [-0.25, -0.2) is 0 Å². The fraction of sp³-hybridized carbons (Fsp3) is 0.250. The Labute approximate surface area is 157 Å². The molecular formula is C20H22N4O3. The van der Waals surface area contributed by atoms with Crippen LogP contribution in [0.5, 0.6) is 0 Å². The smallest absolute Gasteiger partial charge is 0.267 e. The molecule has 0 aliphatic carbocycles. The molecule has 1 heterocycles. The molecule has 4 N–H and O–H groups in total. The number of carbonyl (C=O) groups excluding carboxylic acids is 2. The molecule has 7 heteroatoms.